The molecule has 3 heteroatoms. The summed E-state index contributed by atoms with van der Waals surface area (Å²) in [6.45, 7) is 14.9. The third kappa shape index (κ3) is 4.18. The molecule has 0 aromatic carbocycles. The Morgan fingerprint density at radius 1 is 1.38 bits per heavy atom. The smallest absolute Gasteiger partial charge is 0.139 e. The van der Waals surface area contributed by atoms with Gasteiger partial charge in [-0.2, -0.15) is 0 Å². The third-order valence-corrected chi connectivity index (χ3v) is 6.06. The van der Waals surface area contributed by atoms with Gasteiger partial charge >= 0.3 is 0 Å². The van der Waals surface area contributed by atoms with Crippen molar-refractivity contribution in [1.29, 1.82) is 0 Å². The van der Waals surface area contributed by atoms with E-state index in [1.165, 1.54) is 11.1 Å². The lowest BCUT2D eigenvalue weighted by atomic mass is 9.87. The minimum Gasteiger partial charge on any atom is -0.369 e. The highest BCUT2D eigenvalue weighted by atomic mass is 16.6. The number of carbonyl (C=O) groups is 1. The summed E-state index contributed by atoms with van der Waals surface area (Å²) in [5.41, 5.74) is 1.98. The van der Waals surface area contributed by atoms with E-state index in [2.05, 4.69) is 41.2 Å². The Morgan fingerprint density at radius 3 is 2.71 bits per heavy atom. The molecule has 0 saturated carbocycles. The molecule has 0 spiro atoms. The van der Waals surface area contributed by atoms with Crippen molar-refractivity contribution in [2.45, 2.75) is 90.4 Å². The largest absolute Gasteiger partial charge is 0.369 e. The van der Waals surface area contributed by atoms with E-state index in [9.17, 15) is 4.79 Å². The molecular formula is C21H34O3. The van der Waals surface area contributed by atoms with Gasteiger partial charge in [0.15, 0.2) is 0 Å². The first-order valence-corrected chi connectivity index (χ1v) is 9.32. The zero-order valence-corrected chi connectivity index (χ0v) is 16.1. The second-order valence-corrected chi connectivity index (χ2v) is 8.23. The second kappa shape index (κ2) is 7.53. The molecule has 0 aromatic heterocycles. The number of Topliss-reactive ketones (excluding diaryl/α,β-unsaturated/α-hetero) is 1. The van der Waals surface area contributed by atoms with Gasteiger partial charge in [0.25, 0.3) is 0 Å². The highest BCUT2D eigenvalue weighted by Crippen LogP contribution is 2.45. The summed E-state index contributed by atoms with van der Waals surface area (Å²) in [7, 11) is 0. The van der Waals surface area contributed by atoms with E-state index in [-0.39, 0.29) is 23.2 Å². The first-order valence-electron chi connectivity index (χ1n) is 9.32. The van der Waals surface area contributed by atoms with E-state index >= 15 is 0 Å². The summed E-state index contributed by atoms with van der Waals surface area (Å²) >= 11 is 0. The van der Waals surface area contributed by atoms with Gasteiger partial charge in [-0.3, -0.25) is 4.79 Å². The number of fused-ring (bicyclic) bond motifs is 2. The van der Waals surface area contributed by atoms with Crippen LogP contribution in [0.4, 0.5) is 0 Å². The first kappa shape index (κ1) is 19.4. The Balaban J connectivity index is 1.81. The number of ether oxygens (including phenoxy) is 2. The minimum absolute atomic E-state index is 0.114. The maximum absolute atomic E-state index is 12.3. The molecule has 0 aliphatic carbocycles. The number of ketones is 1. The van der Waals surface area contributed by atoms with Gasteiger partial charge in [-0.15, -0.1) is 6.58 Å². The molecule has 4 atom stereocenters. The zero-order chi connectivity index (χ0) is 18.0. The monoisotopic (exact) mass is 334 g/mol. The summed E-state index contributed by atoms with van der Waals surface area (Å²) in [6, 6.07) is 0. The minimum atomic E-state index is -0.255. The van der Waals surface area contributed by atoms with E-state index in [1.54, 1.807) is 0 Å². The van der Waals surface area contributed by atoms with Gasteiger partial charge in [0.05, 0.1) is 18.3 Å². The molecule has 0 aromatic rings. The molecule has 2 saturated heterocycles. The lowest BCUT2D eigenvalue weighted by molar-refractivity contribution is -0.225. The summed E-state index contributed by atoms with van der Waals surface area (Å²) < 4.78 is 12.4. The quantitative estimate of drug-likeness (QED) is 0.586. The normalized spacial score (nSPS) is 33.1. The number of allylic oxidation sites excluding steroid dienone is 2. The van der Waals surface area contributed by atoms with Crippen molar-refractivity contribution < 1.29 is 14.3 Å². The number of rotatable bonds is 8. The maximum atomic E-state index is 12.3. The third-order valence-electron chi connectivity index (χ3n) is 6.06. The molecule has 136 valence electrons. The van der Waals surface area contributed by atoms with Gasteiger partial charge in [0.1, 0.15) is 11.4 Å². The van der Waals surface area contributed by atoms with Crippen LogP contribution in [0.5, 0.6) is 0 Å². The number of hydrogen-bond donors (Lipinski definition) is 0. The average Bonchev–Trinajstić information content (AvgIpc) is 2.93. The fourth-order valence-electron chi connectivity index (χ4n) is 3.67. The second-order valence-electron chi connectivity index (χ2n) is 8.23. The van der Waals surface area contributed by atoms with Crippen LogP contribution in [0, 0.1) is 5.92 Å². The van der Waals surface area contributed by atoms with Crippen LogP contribution < -0.4 is 0 Å². The van der Waals surface area contributed by atoms with Crippen LogP contribution in [0.15, 0.2) is 23.8 Å². The molecule has 2 heterocycles. The maximum Gasteiger partial charge on any atom is 0.139 e. The van der Waals surface area contributed by atoms with Gasteiger partial charge in [0, 0.05) is 12.3 Å². The molecule has 2 unspecified atom stereocenters. The highest BCUT2D eigenvalue weighted by Gasteiger charge is 2.52. The van der Waals surface area contributed by atoms with Crippen molar-refractivity contribution in [3.63, 3.8) is 0 Å². The number of hydrogen-bond acceptors (Lipinski definition) is 3. The lowest BCUT2D eigenvalue weighted by Gasteiger charge is -2.43. The van der Waals surface area contributed by atoms with Crippen molar-refractivity contribution in [2.75, 3.05) is 6.61 Å². The Morgan fingerprint density at radius 2 is 2.08 bits per heavy atom. The molecule has 0 amide bonds. The Hall–Kier alpha value is -0.930. The molecule has 2 bridgehead atoms. The topological polar surface area (TPSA) is 35.5 Å². The van der Waals surface area contributed by atoms with Crippen molar-refractivity contribution in [3.8, 4) is 0 Å². The van der Waals surface area contributed by atoms with Gasteiger partial charge in [-0.25, -0.2) is 0 Å². The van der Waals surface area contributed by atoms with Gasteiger partial charge in [0.2, 0.25) is 0 Å². The van der Waals surface area contributed by atoms with Crippen molar-refractivity contribution in [2.24, 2.45) is 5.92 Å². The molecule has 24 heavy (non-hydrogen) atoms. The predicted molar refractivity (Wildman–Crippen MR) is 98.1 cm³/mol. The fourth-order valence-corrected chi connectivity index (χ4v) is 3.67. The van der Waals surface area contributed by atoms with Gasteiger partial charge < -0.3 is 9.47 Å². The Labute approximate surface area is 147 Å². The summed E-state index contributed by atoms with van der Waals surface area (Å²) in [4.78, 5) is 12.3. The van der Waals surface area contributed by atoms with E-state index in [1.807, 2.05) is 6.08 Å². The van der Waals surface area contributed by atoms with Gasteiger partial charge in [-0.05, 0) is 59.8 Å². The Bertz CT molecular complexity index is 517. The average molecular weight is 335 g/mol. The SMILES string of the molecule is C=C[C@@]12CC[C@@H](O1)C(C)(CCCC(C)C(=O)CC(C)=C(C)C)OC2. The van der Waals surface area contributed by atoms with Crippen molar-refractivity contribution >= 4 is 5.78 Å². The molecule has 0 radical (unpaired) electrons. The molecule has 2 aliphatic rings. The predicted octanol–water partition coefficient (Wildman–Crippen LogP) is 5.00. The van der Waals surface area contributed by atoms with Crippen molar-refractivity contribution in [1.82, 2.24) is 0 Å². The molecule has 0 N–H and O–H groups in total. The van der Waals surface area contributed by atoms with E-state index in [0.717, 1.165) is 32.1 Å². The van der Waals surface area contributed by atoms with Crippen LogP contribution in [0.25, 0.3) is 0 Å². The highest BCUT2D eigenvalue weighted by molar-refractivity contribution is 5.82. The van der Waals surface area contributed by atoms with Crippen LogP contribution in [0.2, 0.25) is 0 Å². The molecular weight excluding hydrogens is 300 g/mol. The molecule has 2 fully saturated rings. The molecule has 2 rings (SSSR count). The summed E-state index contributed by atoms with van der Waals surface area (Å²) in [5.74, 6) is 0.467. The summed E-state index contributed by atoms with van der Waals surface area (Å²) in [6.07, 6.45) is 7.56. The van der Waals surface area contributed by atoms with Crippen LogP contribution in [-0.4, -0.2) is 29.7 Å². The van der Waals surface area contributed by atoms with Crippen LogP contribution in [-0.2, 0) is 14.3 Å². The molecule has 2 aliphatic heterocycles. The lowest BCUT2D eigenvalue weighted by Crippen LogP contribution is -2.51. The van der Waals surface area contributed by atoms with E-state index in [4.69, 9.17) is 9.47 Å². The van der Waals surface area contributed by atoms with E-state index in [0.29, 0.717) is 18.8 Å². The number of carbonyl (C=O) groups excluding carboxylic acids is 1. The zero-order valence-electron chi connectivity index (χ0n) is 16.1. The van der Waals surface area contributed by atoms with Crippen LogP contribution >= 0.6 is 0 Å². The fraction of sp³-hybridized carbons (Fsp3) is 0.762. The molecule has 3 nitrogen and oxygen atoms in total. The Kier molecular flexibility index (Phi) is 6.09. The van der Waals surface area contributed by atoms with Crippen molar-refractivity contribution in [3.05, 3.63) is 23.8 Å². The van der Waals surface area contributed by atoms with Crippen LogP contribution in [0.3, 0.4) is 0 Å². The first-order chi connectivity index (χ1) is 11.2. The van der Waals surface area contributed by atoms with Gasteiger partial charge in [-0.1, -0.05) is 24.1 Å². The van der Waals surface area contributed by atoms with E-state index < -0.39 is 0 Å². The summed E-state index contributed by atoms with van der Waals surface area (Å²) in [5, 5.41) is 0. The van der Waals surface area contributed by atoms with Crippen LogP contribution in [0.1, 0.15) is 73.1 Å². The standard InChI is InChI=1S/C21H34O3/c1-7-21-12-10-19(24-21)20(6,23-14-21)11-8-9-16(4)18(22)13-17(5)15(2)3/h7,16,19H,1,8-14H2,2-6H3/t16?,19-,20?,21+/m1/s1.